The van der Waals surface area contributed by atoms with Gasteiger partial charge in [0.15, 0.2) is 0 Å². The molecule has 0 aliphatic carbocycles. The lowest BCUT2D eigenvalue weighted by molar-refractivity contribution is -0.113. The summed E-state index contributed by atoms with van der Waals surface area (Å²) < 4.78 is 13.2. The third kappa shape index (κ3) is 3.16. The first-order valence-corrected chi connectivity index (χ1v) is 7.95. The highest BCUT2D eigenvalue weighted by Crippen LogP contribution is 2.36. The van der Waals surface area contributed by atoms with Gasteiger partial charge in [0.1, 0.15) is 5.82 Å². The molecule has 2 aromatic rings. The summed E-state index contributed by atoms with van der Waals surface area (Å²) in [6.45, 7) is 1.95. The van der Waals surface area contributed by atoms with Crippen LogP contribution < -0.4 is 4.90 Å². The standard InChI is InChI=1S/C17H11ClFNO2S/c1-10-3-2-4-11(7-10)8-15-16(21)20(17(22)23-15)12-5-6-14(19)13(18)9-12/h2-9H,1H3/b15-8-. The minimum Gasteiger partial charge on any atom is -0.268 e. The Labute approximate surface area is 141 Å². The lowest BCUT2D eigenvalue weighted by atomic mass is 10.1. The fourth-order valence-electron chi connectivity index (χ4n) is 2.23. The zero-order valence-corrected chi connectivity index (χ0v) is 13.6. The SMILES string of the molecule is Cc1cccc(/C=C2\SC(=O)N(c3ccc(F)c(Cl)c3)C2=O)c1. The van der Waals surface area contributed by atoms with Gasteiger partial charge in [0.05, 0.1) is 15.6 Å². The molecule has 1 saturated heterocycles. The molecule has 0 unspecified atom stereocenters. The maximum Gasteiger partial charge on any atom is 0.298 e. The van der Waals surface area contributed by atoms with Gasteiger partial charge >= 0.3 is 0 Å². The average Bonchev–Trinajstić information content (AvgIpc) is 2.77. The molecule has 0 bridgehead atoms. The number of hydrogen-bond acceptors (Lipinski definition) is 3. The Morgan fingerprint density at radius 1 is 1.17 bits per heavy atom. The van der Waals surface area contributed by atoms with Crippen LogP contribution >= 0.6 is 23.4 Å². The van der Waals surface area contributed by atoms with E-state index in [1.807, 2.05) is 31.2 Å². The molecular formula is C17H11ClFNO2S. The zero-order valence-electron chi connectivity index (χ0n) is 12.0. The second kappa shape index (κ2) is 6.18. The smallest absolute Gasteiger partial charge is 0.268 e. The van der Waals surface area contributed by atoms with Crippen LogP contribution in [0.2, 0.25) is 5.02 Å². The molecule has 1 heterocycles. The summed E-state index contributed by atoms with van der Waals surface area (Å²) >= 11 is 6.57. The van der Waals surface area contributed by atoms with Crippen LogP contribution in [0.15, 0.2) is 47.4 Å². The summed E-state index contributed by atoms with van der Waals surface area (Å²) in [5.74, 6) is -1.04. The molecule has 1 aliphatic rings. The van der Waals surface area contributed by atoms with E-state index in [1.165, 1.54) is 12.1 Å². The van der Waals surface area contributed by atoms with Crippen molar-refractivity contribution in [3.8, 4) is 0 Å². The van der Waals surface area contributed by atoms with Crippen LogP contribution in [0.3, 0.4) is 0 Å². The topological polar surface area (TPSA) is 37.4 Å². The number of benzene rings is 2. The van der Waals surface area contributed by atoms with Crippen molar-refractivity contribution in [3.05, 3.63) is 69.3 Å². The molecule has 6 heteroatoms. The number of imide groups is 1. The van der Waals surface area contributed by atoms with Gasteiger partial charge in [-0.25, -0.2) is 9.29 Å². The minimum atomic E-state index is -0.599. The number of thioether (sulfide) groups is 1. The molecule has 3 rings (SSSR count). The van der Waals surface area contributed by atoms with Crippen LogP contribution in [0.5, 0.6) is 0 Å². The van der Waals surface area contributed by atoms with Crippen molar-refractivity contribution >= 4 is 46.3 Å². The summed E-state index contributed by atoms with van der Waals surface area (Å²) in [4.78, 5) is 25.9. The molecule has 0 atom stereocenters. The molecule has 2 aromatic carbocycles. The van der Waals surface area contributed by atoms with Crippen LogP contribution in [-0.4, -0.2) is 11.1 Å². The first kappa shape index (κ1) is 15.8. The van der Waals surface area contributed by atoms with E-state index in [0.29, 0.717) is 4.91 Å². The minimum absolute atomic E-state index is 0.135. The molecule has 3 nitrogen and oxygen atoms in total. The number of halogens is 2. The van der Waals surface area contributed by atoms with E-state index in [1.54, 1.807) is 6.08 Å². The van der Waals surface area contributed by atoms with Crippen LogP contribution in [-0.2, 0) is 4.79 Å². The number of aryl methyl sites for hydroxylation is 1. The third-order valence-electron chi connectivity index (χ3n) is 3.29. The Balaban J connectivity index is 1.95. The van der Waals surface area contributed by atoms with E-state index in [0.717, 1.165) is 33.9 Å². The maximum absolute atomic E-state index is 13.2. The molecule has 1 fully saturated rings. The summed E-state index contributed by atoms with van der Waals surface area (Å²) in [6.07, 6.45) is 1.67. The second-order valence-electron chi connectivity index (χ2n) is 5.03. The highest BCUT2D eigenvalue weighted by Gasteiger charge is 2.36. The molecule has 0 N–H and O–H groups in total. The molecule has 0 radical (unpaired) electrons. The van der Waals surface area contributed by atoms with Gasteiger partial charge in [-0.2, -0.15) is 0 Å². The number of carbonyl (C=O) groups is 2. The molecule has 1 aliphatic heterocycles. The summed E-state index contributed by atoms with van der Waals surface area (Å²) in [5.41, 5.74) is 2.16. The number of rotatable bonds is 2. The number of anilines is 1. The normalized spacial score (nSPS) is 16.5. The lowest BCUT2D eigenvalue weighted by Crippen LogP contribution is -2.27. The van der Waals surface area contributed by atoms with Crippen LogP contribution in [0.1, 0.15) is 11.1 Å². The second-order valence-corrected chi connectivity index (χ2v) is 6.43. The van der Waals surface area contributed by atoms with Crippen molar-refractivity contribution in [2.75, 3.05) is 4.90 Å². The highest BCUT2D eigenvalue weighted by atomic mass is 35.5. The van der Waals surface area contributed by atoms with Gasteiger partial charge in [0.2, 0.25) is 0 Å². The number of nitrogens with zero attached hydrogens (tertiary/aromatic N) is 1. The van der Waals surface area contributed by atoms with Gasteiger partial charge in [-0.15, -0.1) is 0 Å². The Kier molecular flexibility index (Phi) is 4.24. The highest BCUT2D eigenvalue weighted by molar-refractivity contribution is 8.19. The van der Waals surface area contributed by atoms with E-state index < -0.39 is 17.0 Å². The Bertz CT molecular complexity index is 850. The van der Waals surface area contributed by atoms with Crippen LogP contribution in [0, 0.1) is 12.7 Å². The Morgan fingerprint density at radius 2 is 1.96 bits per heavy atom. The predicted molar refractivity (Wildman–Crippen MR) is 91.0 cm³/mol. The average molecular weight is 348 g/mol. The molecule has 2 amide bonds. The molecular weight excluding hydrogens is 337 g/mol. The summed E-state index contributed by atoms with van der Waals surface area (Å²) in [5, 5.41) is -0.569. The van der Waals surface area contributed by atoms with Gasteiger partial charge in [0.25, 0.3) is 11.1 Å². The van der Waals surface area contributed by atoms with Crippen LogP contribution in [0.25, 0.3) is 6.08 Å². The van der Waals surface area contributed by atoms with Crippen molar-refractivity contribution in [1.29, 1.82) is 0 Å². The quantitative estimate of drug-likeness (QED) is 0.715. The maximum atomic E-state index is 13.2. The largest absolute Gasteiger partial charge is 0.298 e. The van der Waals surface area contributed by atoms with E-state index in [2.05, 4.69) is 0 Å². The van der Waals surface area contributed by atoms with Crippen molar-refractivity contribution in [3.63, 3.8) is 0 Å². The first-order valence-electron chi connectivity index (χ1n) is 6.75. The van der Waals surface area contributed by atoms with Gasteiger partial charge in [-0.05, 0) is 48.5 Å². The van der Waals surface area contributed by atoms with Gasteiger partial charge in [-0.3, -0.25) is 9.59 Å². The molecule has 0 saturated carbocycles. The summed E-state index contributed by atoms with van der Waals surface area (Å²) in [6, 6.07) is 11.4. The monoisotopic (exact) mass is 347 g/mol. The molecule has 23 heavy (non-hydrogen) atoms. The number of hydrogen-bond donors (Lipinski definition) is 0. The Hall–Kier alpha value is -2.11. The fraction of sp³-hybridized carbons (Fsp3) is 0.0588. The van der Waals surface area contributed by atoms with E-state index in [9.17, 15) is 14.0 Å². The Morgan fingerprint density at radius 3 is 2.65 bits per heavy atom. The van der Waals surface area contributed by atoms with Crippen LogP contribution in [0.4, 0.5) is 14.9 Å². The van der Waals surface area contributed by atoms with Gasteiger partial charge in [-0.1, -0.05) is 41.4 Å². The fourth-order valence-corrected chi connectivity index (χ4v) is 3.24. The van der Waals surface area contributed by atoms with Crippen molar-refractivity contribution < 1.29 is 14.0 Å². The molecule has 0 spiro atoms. The van der Waals surface area contributed by atoms with E-state index in [-0.39, 0.29) is 10.7 Å². The van der Waals surface area contributed by atoms with Crippen molar-refractivity contribution in [1.82, 2.24) is 0 Å². The summed E-state index contributed by atoms with van der Waals surface area (Å²) in [7, 11) is 0. The zero-order chi connectivity index (χ0) is 16.6. The van der Waals surface area contributed by atoms with E-state index >= 15 is 0 Å². The third-order valence-corrected chi connectivity index (χ3v) is 4.45. The lowest BCUT2D eigenvalue weighted by Gasteiger charge is -2.12. The van der Waals surface area contributed by atoms with E-state index in [4.69, 9.17) is 11.6 Å². The number of carbonyl (C=O) groups excluding carboxylic acids is 2. The van der Waals surface area contributed by atoms with Gasteiger partial charge < -0.3 is 0 Å². The van der Waals surface area contributed by atoms with Gasteiger partial charge in [0, 0.05) is 0 Å². The van der Waals surface area contributed by atoms with Crippen molar-refractivity contribution in [2.45, 2.75) is 6.92 Å². The molecule has 0 aromatic heterocycles. The number of amides is 2. The predicted octanol–water partition coefficient (Wildman–Crippen LogP) is 5.03. The first-order chi connectivity index (χ1) is 11.0. The molecule has 116 valence electrons. The van der Waals surface area contributed by atoms with Crippen molar-refractivity contribution in [2.24, 2.45) is 0 Å².